The molecule has 0 bridgehead atoms. The molecule has 0 radical (unpaired) electrons. The van der Waals surface area contributed by atoms with E-state index in [1.54, 1.807) is 25.3 Å². The largest absolute Gasteiger partial charge is 0.423 e. The number of aromatic amines is 1. The van der Waals surface area contributed by atoms with Crippen LogP contribution in [0.4, 0.5) is 10.4 Å². The number of piperidine rings is 1. The maximum Gasteiger partial charge on any atom is 0.295 e. The molecule has 29 heavy (non-hydrogen) atoms. The molecule has 0 aliphatic carbocycles. The number of likely N-dealkylation sites (tertiary alicyclic amines) is 1. The summed E-state index contributed by atoms with van der Waals surface area (Å²) in [7, 11) is 0. The number of amides is 1. The number of anilines is 1. The number of rotatable bonds is 2. The van der Waals surface area contributed by atoms with Crippen molar-refractivity contribution in [3.63, 3.8) is 0 Å². The van der Waals surface area contributed by atoms with E-state index in [0.29, 0.717) is 51.7 Å². The van der Waals surface area contributed by atoms with Crippen molar-refractivity contribution in [3.8, 4) is 0 Å². The van der Waals surface area contributed by atoms with Gasteiger partial charge in [0, 0.05) is 48.4 Å². The molecule has 1 amide bonds. The van der Waals surface area contributed by atoms with Crippen molar-refractivity contribution in [2.24, 2.45) is 0 Å². The third kappa shape index (κ3) is 2.91. The molecular weight excluding hydrogens is 375 g/mol. The molecule has 0 atom stereocenters. The molecule has 0 saturated carbocycles. The lowest BCUT2D eigenvalue weighted by Gasteiger charge is -2.31. The van der Waals surface area contributed by atoms with E-state index in [9.17, 15) is 14.0 Å². The van der Waals surface area contributed by atoms with Gasteiger partial charge in [0.05, 0.1) is 5.39 Å². The molecule has 8 heteroatoms. The fourth-order valence-corrected chi connectivity index (χ4v) is 4.13. The van der Waals surface area contributed by atoms with Gasteiger partial charge in [-0.15, -0.1) is 0 Å². The molecule has 0 spiro atoms. The summed E-state index contributed by atoms with van der Waals surface area (Å²) in [5, 5.41) is 5.45. The van der Waals surface area contributed by atoms with Crippen LogP contribution in [0.15, 0.2) is 39.7 Å². The number of fused-ring (bicyclic) bond motifs is 6. The number of hydrogen-bond acceptors (Lipinski definition) is 5. The van der Waals surface area contributed by atoms with Gasteiger partial charge in [-0.3, -0.25) is 9.59 Å². The van der Waals surface area contributed by atoms with Crippen LogP contribution >= 0.6 is 0 Å². The summed E-state index contributed by atoms with van der Waals surface area (Å²) in [6.45, 7) is 2.96. The summed E-state index contributed by atoms with van der Waals surface area (Å²) < 4.78 is 19.9. The van der Waals surface area contributed by atoms with Crippen LogP contribution < -0.4 is 10.9 Å². The molecule has 2 aromatic heterocycles. The Balaban J connectivity index is 1.61. The van der Waals surface area contributed by atoms with Gasteiger partial charge in [0.25, 0.3) is 11.6 Å². The van der Waals surface area contributed by atoms with Crippen LogP contribution in [0.2, 0.25) is 0 Å². The van der Waals surface area contributed by atoms with Gasteiger partial charge >= 0.3 is 0 Å². The Morgan fingerprint density at radius 2 is 2.03 bits per heavy atom. The van der Waals surface area contributed by atoms with Gasteiger partial charge in [0.2, 0.25) is 5.91 Å². The molecule has 4 aromatic rings. The van der Waals surface area contributed by atoms with Crippen LogP contribution in [-0.4, -0.2) is 39.9 Å². The van der Waals surface area contributed by atoms with Crippen molar-refractivity contribution < 1.29 is 13.6 Å². The maximum atomic E-state index is 13.9. The van der Waals surface area contributed by atoms with Crippen LogP contribution in [-0.2, 0) is 4.79 Å². The molecule has 1 fully saturated rings. The van der Waals surface area contributed by atoms with Crippen molar-refractivity contribution in [2.45, 2.75) is 25.8 Å². The van der Waals surface area contributed by atoms with Gasteiger partial charge in [-0.25, -0.2) is 4.39 Å². The smallest absolute Gasteiger partial charge is 0.295 e. The SMILES string of the molecule is CC(=O)N1CCC(Nc2nc3c4ccc(F)cc4c4c(=O)[nH]ccc4c3o2)CC1. The molecule has 7 nitrogen and oxygen atoms in total. The van der Waals surface area contributed by atoms with Crippen molar-refractivity contribution >= 4 is 44.6 Å². The molecule has 2 N–H and O–H groups in total. The Labute approximate surface area is 164 Å². The van der Waals surface area contributed by atoms with Crippen molar-refractivity contribution in [1.82, 2.24) is 14.9 Å². The highest BCUT2D eigenvalue weighted by Crippen LogP contribution is 2.35. The van der Waals surface area contributed by atoms with Crippen LogP contribution in [0.25, 0.3) is 32.6 Å². The predicted molar refractivity (Wildman–Crippen MR) is 108 cm³/mol. The number of nitrogens with zero attached hydrogens (tertiary/aromatic N) is 2. The minimum atomic E-state index is -0.416. The van der Waals surface area contributed by atoms with Crippen LogP contribution in [0.3, 0.4) is 0 Å². The Kier molecular flexibility index (Phi) is 4.01. The molecular formula is C21H19FN4O3. The van der Waals surface area contributed by atoms with Gasteiger partial charge in [-0.2, -0.15) is 4.98 Å². The first kappa shape index (κ1) is 17.7. The summed E-state index contributed by atoms with van der Waals surface area (Å²) in [6.07, 6.45) is 3.14. The standard InChI is InChI=1S/C21H19FN4O3/c1-11(27)26-8-5-13(6-9-26)24-21-25-18-14-3-2-12(22)10-16(14)17-15(19(18)29-21)4-7-23-20(17)28/h2-4,7,10,13H,5-6,8-9H2,1H3,(H,23,28)(H,24,25). The first-order valence-electron chi connectivity index (χ1n) is 9.56. The number of hydrogen-bond donors (Lipinski definition) is 2. The van der Waals surface area contributed by atoms with Gasteiger partial charge < -0.3 is 19.6 Å². The van der Waals surface area contributed by atoms with E-state index >= 15 is 0 Å². The van der Waals surface area contributed by atoms with Crippen LogP contribution in [0.1, 0.15) is 19.8 Å². The van der Waals surface area contributed by atoms with E-state index in [1.807, 2.05) is 4.90 Å². The minimum Gasteiger partial charge on any atom is -0.423 e. The van der Waals surface area contributed by atoms with Crippen LogP contribution in [0.5, 0.6) is 0 Å². The van der Waals surface area contributed by atoms with E-state index in [0.717, 1.165) is 12.8 Å². The number of H-pyrrole nitrogens is 1. The summed E-state index contributed by atoms with van der Waals surface area (Å²) >= 11 is 0. The molecule has 3 heterocycles. The second-order valence-corrected chi connectivity index (χ2v) is 7.41. The summed E-state index contributed by atoms with van der Waals surface area (Å²) in [5.41, 5.74) is 0.776. The molecule has 0 unspecified atom stereocenters. The van der Waals surface area contributed by atoms with Crippen molar-refractivity contribution in [1.29, 1.82) is 0 Å². The van der Waals surface area contributed by atoms with Gasteiger partial charge in [-0.1, -0.05) is 0 Å². The highest BCUT2D eigenvalue weighted by molar-refractivity contribution is 6.22. The van der Waals surface area contributed by atoms with E-state index in [1.165, 1.54) is 12.1 Å². The van der Waals surface area contributed by atoms with E-state index in [-0.39, 0.29) is 17.5 Å². The number of nitrogens with one attached hydrogen (secondary N) is 2. The highest BCUT2D eigenvalue weighted by atomic mass is 19.1. The maximum absolute atomic E-state index is 13.9. The first-order valence-corrected chi connectivity index (χ1v) is 9.56. The van der Waals surface area contributed by atoms with Crippen molar-refractivity contribution in [2.75, 3.05) is 18.4 Å². The number of carbonyl (C=O) groups excluding carboxylic acids is 1. The second-order valence-electron chi connectivity index (χ2n) is 7.41. The number of oxazole rings is 1. The molecule has 1 aliphatic rings. The number of pyridine rings is 1. The minimum absolute atomic E-state index is 0.0840. The normalized spacial score (nSPS) is 15.4. The highest BCUT2D eigenvalue weighted by Gasteiger charge is 2.23. The monoisotopic (exact) mass is 394 g/mol. The summed E-state index contributed by atoms with van der Waals surface area (Å²) in [4.78, 5) is 33.1. The fraction of sp³-hybridized carbons (Fsp3) is 0.286. The number of aromatic nitrogens is 2. The molecule has 2 aromatic carbocycles. The van der Waals surface area contributed by atoms with E-state index < -0.39 is 5.82 Å². The second kappa shape index (κ2) is 6.58. The third-order valence-electron chi connectivity index (χ3n) is 5.61. The summed E-state index contributed by atoms with van der Waals surface area (Å²) in [6, 6.07) is 6.56. The lowest BCUT2D eigenvalue weighted by Crippen LogP contribution is -2.41. The van der Waals surface area contributed by atoms with Crippen LogP contribution in [0, 0.1) is 5.82 Å². The Bertz CT molecular complexity index is 1320. The zero-order chi connectivity index (χ0) is 20.1. The van der Waals surface area contributed by atoms with Gasteiger partial charge in [0.1, 0.15) is 11.3 Å². The average Bonchev–Trinajstić information content (AvgIpc) is 3.12. The Morgan fingerprint density at radius 3 is 2.79 bits per heavy atom. The van der Waals surface area contributed by atoms with Crippen molar-refractivity contribution in [3.05, 3.63) is 46.6 Å². The van der Waals surface area contributed by atoms with E-state index in [4.69, 9.17) is 4.42 Å². The zero-order valence-corrected chi connectivity index (χ0v) is 15.8. The quantitative estimate of drug-likeness (QED) is 0.509. The third-order valence-corrected chi connectivity index (χ3v) is 5.61. The molecule has 1 saturated heterocycles. The Hall–Kier alpha value is -3.42. The summed E-state index contributed by atoms with van der Waals surface area (Å²) in [5.74, 6) is -0.332. The number of benzene rings is 2. The number of carbonyl (C=O) groups is 1. The first-order chi connectivity index (χ1) is 14.0. The zero-order valence-electron chi connectivity index (χ0n) is 15.8. The number of halogens is 1. The fourth-order valence-electron chi connectivity index (χ4n) is 4.13. The van der Waals surface area contributed by atoms with Gasteiger partial charge in [-0.05, 0) is 37.1 Å². The predicted octanol–water partition coefficient (Wildman–Crippen LogP) is 3.38. The lowest BCUT2D eigenvalue weighted by molar-refractivity contribution is -0.129. The topological polar surface area (TPSA) is 91.2 Å². The average molecular weight is 394 g/mol. The Morgan fingerprint density at radius 1 is 1.24 bits per heavy atom. The molecule has 1 aliphatic heterocycles. The van der Waals surface area contributed by atoms with E-state index in [2.05, 4.69) is 15.3 Å². The lowest BCUT2D eigenvalue weighted by atomic mass is 10.0. The molecule has 5 rings (SSSR count). The van der Waals surface area contributed by atoms with Gasteiger partial charge in [0.15, 0.2) is 5.58 Å². The molecule has 148 valence electrons.